The van der Waals surface area contributed by atoms with Crippen molar-refractivity contribution in [3.05, 3.63) is 28.7 Å². The Hall–Kier alpha value is -0.0300. The number of hydrogen-bond acceptors (Lipinski definition) is 3. The van der Waals surface area contributed by atoms with E-state index < -0.39 is 0 Å². The van der Waals surface area contributed by atoms with Gasteiger partial charge in [-0.3, -0.25) is 0 Å². The lowest BCUT2D eigenvalue weighted by Gasteiger charge is -2.15. The van der Waals surface area contributed by atoms with Crippen molar-refractivity contribution in [1.82, 2.24) is 0 Å². The minimum atomic E-state index is -0.254. The van der Waals surface area contributed by atoms with Gasteiger partial charge in [0.25, 0.3) is 0 Å². The lowest BCUT2D eigenvalue weighted by molar-refractivity contribution is 0.109. The van der Waals surface area contributed by atoms with Gasteiger partial charge in [-0.05, 0) is 30.7 Å². The number of ether oxygens (including phenoxy) is 1. The van der Waals surface area contributed by atoms with Crippen LogP contribution in [0.5, 0.6) is 0 Å². The molecule has 0 aliphatic carbocycles. The second kappa shape index (κ2) is 6.05. The van der Waals surface area contributed by atoms with E-state index in [0.29, 0.717) is 12.5 Å². The second-order valence-electron chi connectivity index (χ2n) is 3.96. The van der Waals surface area contributed by atoms with Crippen molar-refractivity contribution in [2.45, 2.75) is 17.4 Å². The zero-order valence-corrected chi connectivity index (χ0v) is 11.3. The molecule has 1 aromatic rings. The van der Waals surface area contributed by atoms with Crippen molar-refractivity contribution in [1.29, 1.82) is 0 Å². The highest BCUT2D eigenvalue weighted by molar-refractivity contribution is 9.10. The predicted molar refractivity (Wildman–Crippen MR) is 69.8 cm³/mol. The summed E-state index contributed by atoms with van der Waals surface area (Å²) in [6.07, 6.45) is 0.735. The molecule has 2 unspecified atom stereocenters. The fourth-order valence-electron chi connectivity index (χ4n) is 1.70. The third-order valence-corrected chi connectivity index (χ3v) is 4.39. The van der Waals surface area contributed by atoms with Gasteiger partial charge in [0.15, 0.2) is 0 Å². The predicted octanol–water partition coefficient (Wildman–Crippen LogP) is 2.94. The molecule has 1 aromatic carbocycles. The highest BCUT2D eigenvalue weighted by Gasteiger charge is 2.23. The molecule has 4 heteroatoms. The quantitative estimate of drug-likeness (QED) is 0.867. The molecule has 2 rings (SSSR count). The Morgan fingerprint density at radius 2 is 2.19 bits per heavy atom. The Kier molecular flexibility index (Phi) is 4.70. The summed E-state index contributed by atoms with van der Waals surface area (Å²) in [5, 5.41) is 9.95. The zero-order valence-electron chi connectivity index (χ0n) is 8.93. The van der Waals surface area contributed by atoms with Crippen LogP contribution in [-0.4, -0.2) is 30.2 Å². The third kappa shape index (κ3) is 3.48. The van der Waals surface area contributed by atoms with Crippen LogP contribution in [0.15, 0.2) is 33.6 Å². The highest BCUT2D eigenvalue weighted by atomic mass is 79.9. The molecular weight excluding hydrogens is 288 g/mol. The number of halogens is 1. The molecule has 1 N–H and O–H groups in total. The minimum Gasteiger partial charge on any atom is -0.392 e. The van der Waals surface area contributed by atoms with E-state index in [1.807, 2.05) is 12.1 Å². The molecule has 0 spiro atoms. The molecule has 0 saturated carbocycles. The minimum absolute atomic E-state index is 0.254. The normalized spacial score (nSPS) is 22.2. The van der Waals surface area contributed by atoms with Crippen molar-refractivity contribution in [3.8, 4) is 0 Å². The van der Waals surface area contributed by atoms with Crippen LogP contribution in [0.4, 0.5) is 0 Å². The summed E-state index contributed by atoms with van der Waals surface area (Å²) < 4.78 is 6.36. The van der Waals surface area contributed by atoms with E-state index in [4.69, 9.17) is 4.74 Å². The summed E-state index contributed by atoms with van der Waals surface area (Å²) in [6, 6.07) is 8.17. The van der Waals surface area contributed by atoms with Gasteiger partial charge in [0.1, 0.15) is 0 Å². The lowest BCUT2D eigenvalue weighted by atomic mass is 10.0. The first-order valence-corrected chi connectivity index (χ1v) is 7.18. The van der Waals surface area contributed by atoms with Crippen LogP contribution in [-0.2, 0) is 4.74 Å². The van der Waals surface area contributed by atoms with Gasteiger partial charge in [-0.25, -0.2) is 0 Å². The van der Waals surface area contributed by atoms with Gasteiger partial charge in [-0.15, -0.1) is 11.8 Å². The average Bonchev–Trinajstić information content (AvgIpc) is 2.81. The molecule has 1 fully saturated rings. The van der Waals surface area contributed by atoms with Crippen molar-refractivity contribution in [3.63, 3.8) is 0 Å². The largest absolute Gasteiger partial charge is 0.392 e. The van der Waals surface area contributed by atoms with Crippen LogP contribution in [0.3, 0.4) is 0 Å². The van der Waals surface area contributed by atoms with Crippen molar-refractivity contribution >= 4 is 27.7 Å². The monoisotopic (exact) mass is 302 g/mol. The molecule has 0 radical (unpaired) electrons. The molecule has 88 valence electrons. The van der Waals surface area contributed by atoms with E-state index in [1.54, 1.807) is 11.8 Å². The topological polar surface area (TPSA) is 29.5 Å². The van der Waals surface area contributed by atoms with Crippen LogP contribution >= 0.6 is 27.7 Å². The Morgan fingerprint density at radius 1 is 1.44 bits per heavy atom. The first kappa shape index (κ1) is 12.4. The zero-order chi connectivity index (χ0) is 11.4. The van der Waals surface area contributed by atoms with Crippen LogP contribution in [0.1, 0.15) is 6.42 Å². The average molecular weight is 303 g/mol. The third-order valence-electron chi connectivity index (χ3n) is 2.74. The van der Waals surface area contributed by atoms with Gasteiger partial charge in [-0.1, -0.05) is 15.9 Å². The van der Waals surface area contributed by atoms with E-state index >= 15 is 0 Å². The molecular formula is C12H15BrO2S. The number of thioether (sulfide) groups is 1. The maximum absolute atomic E-state index is 9.95. The molecule has 0 bridgehead atoms. The van der Waals surface area contributed by atoms with Crippen molar-refractivity contribution in [2.75, 3.05) is 19.0 Å². The summed E-state index contributed by atoms with van der Waals surface area (Å²) >= 11 is 5.10. The highest BCUT2D eigenvalue weighted by Crippen LogP contribution is 2.25. The van der Waals surface area contributed by atoms with Gasteiger partial charge in [0.2, 0.25) is 0 Å². The van der Waals surface area contributed by atoms with Gasteiger partial charge >= 0.3 is 0 Å². The van der Waals surface area contributed by atoms with Crippen LogP contribution in [0.25, 0.3) is 0 Å². The van der Waals surface area contributed by atoms with E-state index in [2.05, 4.69) is 28.1 Å². The van der Waals surface area contributed by atoms with E-state index in [1.165, 1.54) is 4.90 Å². The molecule has 2 nitrogen and oxygen atoms in total. The summed E-state index contributed by atoms with van der Waals surface area (Å²) in [6.45, 7) is 1.51. The van der Waals surface area contributed by atoms with E-state index in [-0.39, 0.29) is 6.10 Å². The first-order chi connectivity index (χ1) is 7.75. The van der Waals surface area contributed by atoms with Crippen molar-refractivity contribution < 1.29 is 9.84 Å². The van der Waals surface area contributed by atoms with E-state index in [9.17, 15) is 5.11 Å². The maximum atomic E-state index is 9.95. The number of benzene rings is 1. The van der Waals surface area contributed by atoms with Gasteiger partial charge in [0.05, 0.1) is 12.7 Å². The number of hydrogen-bond donors (Lipinski definition) is 1. The molecule has 16 heavy (non-hydrogen) atoms. The Labute approximate surface area is 109 Å². The molecule has 1 aliphatic rings. The lowest BCUT2D eigenvalue weighted by Crippen LogP contribution is -2.22. The molecule has 2 atom stereocenters. The molecule has 1 heterocycles. The van der Waals surface area contributed by atoms with Crippen LogP contribution in [0.2, 0.25) is 0 Å². The summed E-state index contributed by atoms with van der Waals surface area (Å²) in [4.78, 5) is 1.20. The molecule has 1 aliphatic heterocycles. The first-order valence-electron chi connectivity index (χ1n) is 5.40. The van der Waals surface area contributed by atoms with Crippen molar-refractivity contribution in [2.24, 2.45) is 5.92 Å². The number of aliphatic hydroxyl groups is 1. The SMILES string of the molecule is OC(CSc1ccc(Br)cc1)C1CCOC1. The fraction of sp³-hybridized carbons (Fsp3) is 0.500. The number of rotatable bonds is 4. The molecule has 1 saturated heterocycles. The van der Waals surface area contributed by atoms with Gasteiger partial charge in [-0.2, -0.15) is 0 Å². The summed E-state index contributed by atoms with van der Waals surface area (Å²) in [5.74, 6) is 1.07. The maximum Gasteiger partial charge on any atom is 0.0685 e. The smallest absolute Gasteiger partial charge is 0.0685 e. The van der Waals surface area contributed by atoms with E-state index in [0.717, 1.165) is 23.3 Å². The Balaban J connectivity index is 1.80. The van der Waals surface area contributed by atoms with Crippen LogP contribution in [0, 0.1) is 5.92 Å². The van der Waals surface area contributed by atoms with Gasteiger partial charge < -0.3 is 9.84 Å². The standard InChI is InChI=1S/C12H15BrO2S/c13-10-1-3-11(4-2-10)16-8-12(14)9-5-6-15-7-9/h1-4,9,12,14H,5-8H2. The van der Waals surface area contributed by atoms with Gasteiger partial charge in [0, 0.05) is 27.6 Å². The van der Waals surface area contributed by atoms with Crippen LogP contribution < -0.4 is 0 Å². The fourth-order valence-corrected chi connectivity index (χ4v) is 2.93. The summed E-state index contributed by atoms with van der Waals surface area (Å²) in [5.41, 5.74) is 0. The summed E-state index contributed by atoms with van der Waals surface area (Å²) in [7, 11) is 0. The Morgan fingerprint density at radius 3 is 2.81 bits per heavy atom. The Bertz CT molecular complexity index is 322. The second-order valence-corrected chi connectivity index (χ2v) is 5.97. The molecule has 0 aromatic heterocycles. The number of aliphatic hydroxyl groups excluding tert-OH is 1. The molecule has 0 amide bonds.